The van der Waals surface area contributed by atoms with E-state index in [2.05, 4.69) is 32.6 Å². The summed E-state index contributed by atoms with van der Waals surface area (Å²) >= 11 is 0. The lowest BCUT2D eigenvalue weighted by atomic mass is 9.83. The average Bonchev–Trinajstić information content (AvgIpc) is 2.51. The molecule has 0 heterocycles. The molecule has 0 N–H and O–H groups in total. The molecule has 1 aliphatic rings. The van der Waals surface area contributed by atoms with Crippen LogP contribution >= 0.6 is 0 Å². The Morgan fingerprint density at radius 3 is 2.53 bits per heavy atom. The Morgan fingerprint density at radius 2 is 1.76 bits per heavy atom. The summed E-state index contributed by atoms with van der Waals surface area (Å²) in [6.07, 6.45) is 0. The van der Waals surface area contributed by atoms with Crippen LogP contribution in [-0.2, 0) is 5.41 Å². The van der Waals surface area contributed by atoms with Gasteiger partial charge in [-0.1, -0.05) is 56.8 Å². The maximum Gasteiger partial charge on any atom is 0.190 e. The van der Waals surface area contributed by atoms with Gasteiger partial charge in [-0.25, -0.2) is 0 Å². The summed E-state index contributed by atoms with van der Waals surface area (Å²) in [5, 5.41) is 2.16. The van der Waals surface area contributed by atoms with Gasteiger partial charge < -0.3 is 0 Å². The molecule has 0 fully saturated rings. The lowest BCUT2D eigenvalue weighted by molar-refractivity contribution is 0.103. The number of allylic oxidation sites excluding steroid dienone is 1. The molecule has 0 saturated carbocycles. The fraction of sp³-hybridized carbons (Fsp3) is 0.188. The molecular weight excluding hydrogens is 208 g/mol. The van der Waals surface area contributed by atoms with E-state index in [9.17, 15) is 4.79 Å². The van der Waals surface area contributed by atoms with Crippen molar-refractivity contribution < 1.29 is 4.79 Å². The highest BCUT2D eigenvalue weighted by atomic mass is 16.1. The van der Waals surface area contributed by atoms with Crippen LogP contribution in [0, 0.1) is 0 Å². The number of hydrogen-bond acceptors (Lipinski definition) is 1. The maximum absolute atomic E-state index is 12.3. The molecule has 0 unspecified atom stereocenters. The van der Waals surface area contributed by atoms with E-state index in [4.69, 9.17) is 0 Å². The molecular formula is C16H14O. The molecule has 84 valence electrons. The molecule has 0 bridgehead atoms. The first-order valence-corrected chi connectivity index (χ1v) is 5.80. The molecule has 3 rings (SSSR count). The summed E-state index contributed by atoms with van der Waals surface area (Å²) in [7, 11) is 0. The van der Waals surface area contributed by atoms with E-state index in [0.717, 1.165) is 21.9 Å². The predicted molar refractivity (Wildman–Crippen MR) is 70.4 cm³/mol. The normalized spacial score (nSPS) is 17.5. The lowest BCUT2D eigenvalue weighted by Crippen LogP contribution is -2.15. The molecule has 0 saturated heterocycles. The second-order valence-corrected chi connectivity index (χ2v) is 5.14. The SMILES string of the molecule is C=C1C(=O)c2c(ccc3ccccc23)C1(C)C. The van der Waals surface area contributed by atoms with Crippen molar-refractivity contribution in [1.29, 1.82) is 0 Å². The van der Waals surface area contributed by atoms with Gasteiger partial charge in [-0.3, -0.25) is 4.79 Å². The van der Waals surface area contributed by atoms with E-state index < -0.39 is 0 Å². The third kappa shape index (κ3) is 1.17. The van der Waals surface area contributed by atoms with Crippen molar-refractivity contribution >= 4 is 16.6 Å². The van der Waals surface area contributed by atoms with Gasteiger partial charge in [0.05, 0.1) is 0 Å². The van der Waals surface area contributed by atoms with Crippen molar-refractivity contribution in [3.63, 3.8) is 0 Å². The van der Waals surface area contributed by atoms with Crippen molar-refractivity contribution in [3.8, 4) is 0 Å². The highest BCUT2D eigenvalue weighted by molar-refractivity contribution is 6.21. The second kappa shape index (κ2) is 3.07. The van der Waals surface area contributed by atoms with Gasteiger partial charge in [0.25, 0.3) is 0 Å². The van der Waals surface area contributed by atoms with Gasteiger partial charge in [0.1, 0.15) is 0 Å². The van der Waals surface area contributed by atoms with Crippen LogP contribution in [0.3, 0.4) is 0 Å². The molecule has 0 atom stereocenters. The van der Waals surface area contributed by atoms with E-state index in [0.29, 0.717) is 5.57 Å². The van der Waals surface area contributed by atoms with Crippen LogP contribution in [0.4, 0.5) is 0 Å². The van der Waals surface area contributed by atoms with E-state index in [1.165, 1.54) is 0 Å². The minimum absolute atomic E-state index is 0.0989. The summed E-state index contributed by atoms with van der Waals surface area (Å²) in [5.74, 6) is 0.0989. The van der Waals surface area contributed by atoms with Crippen LogP contribution in [-0.4, -0.2) is 5.78 Å². The van der Waals surface area contributed by atoms with E-state index in [-0.39, 0.29) is 11.2 Å². The number of fused-ring (bicyclic) bond motifs is 3. The summed E-state index contributed by atoms with van der Waals surface area (Å²) in [4.78, 5) is 12.3. The Bertz CT molecular complexity index is 662. The largest absolute Gasteiger partial charge is 0.289 e. The highest BCUT2D eigenvalue weighted by Gasteiger charge is 2.40. The monoisotopic (exact) mass is 222 g/mol. The van der Waals surface area contributed by atoms with Crippen LogP contribution in [0.1, 0.15) is 29.8 Å². The van der Waals surface area contributed by atoms with E-state index in [1.807, 2.05) is 24.3 Å². The van der Waals surface area contributed by atoms with Gasteiger partial charge in [0.2, 0.25) is 0 Å². The fourth-order valence-electron chi connectivity index (χ4n) is 2.63. The fourth-order valence-corrected chi connectivity index (χ4v) is 2.63. The van der Waals surface area contributed by atoms with Gasteiger partial charge in [0.15, 0.2) is 5.78 Å². The second-order valence-electron chi connectivity index (χ2n) is 5.14. The van der Waals surface area contributed by atoms with Gasteiger partial charge >= 0.3 is 0 Å². The van der Waals surface area contributed by atoms with Crippen molar-refractivity contribution in [2.24, 2.45) is 0 Å². The Balaban J connectivity index is 2.48. The number of hydrogen-bond donors (Lipinski definition) is 0. The highest BCUT2D eigenvalue weighted by Crippen LogP contribution is 2.44. The number of carbonyl (C=O) groups is 1. The Hall–Kier alpha value is -1.89. The third-order valence-corrected chi connectivity index (χ3v) is 3.86. The minimum Gasteiger partial charge on any atom is -0.289 e. The molecule has 0 radical (unpaired) electrons. The first-order valence-electron chi connectivity index (χ1n) is 5.80. The molecule has 1 nitrogen and oxygen atoms in total. The first kappa shape index (κ1) is 10.3. The molecule has 0 aromatic heterocycles. The summed E-state index contributed by atoms with van der Waals surface area (Å²) in [6, 6.07) is 12.2. The number of carbonyl (C=O) groups excluding carboxylic acids is 1. The van der Waals surface area contributed by atoms with E-state index in [1.54, 1.807) is 0 Å². The zero-order chi connectivity index (χ0) is 12.2. The average molecular weight is 222 g/mol. The number of ketones is 1. The van der Waals surface area contributed by atoms with Gasteiger partial charge in [-0.15, -0.1) is 0 Å². The van der Waals surface area contributed by atoms with Crippen molar-refractivity contribution in [2.75, 3.05) is 0 Å². The predicted octanol–water partition coefficient (Wildman–Crippen LogP) is 3.87. The summed E-state index contributed by atoms with van der Waals surface area (Å²) in [5.41, 5.74) is 2.41. The number of benzene rings is 2. The maximum atomic E-state index is 12.3. The van der Waals surface area contributed by atoms with Crippen LogP contribution in [0.5, 0.6) is 0 Å². The quantitative estimate of drug-likeness (QED) is 0.618. The Labute approximate surface area is 101 Å². The van der Waals surface area contributed by atoms with Crippen LogP contribution in [0.15, 0.2) is 48.6 Å². The van der Waals surface area contributed by atoms with Crippen molar-refractivity contribution in [3.05, 3.63) is 59.7 Å². The summed E-state index contributed by atoms with van der Waals surface area (Å²) in [6.45, 7) is 8.09. The molecule has 1 aliphatic carbocycles. The molecule has 2 aromatic rings. The molecule has 1 heteroatoms. The lowest BCUT2D eigenvalue weighted by Gasteiger charge is -2.19. The van der Waals surface area contributed by atoms with Crippen molar-refractivity contribution in [1.82, 2.24) is 0 Å². The Morgan fingerprint density at radius 1 is 1.06 bits per heavy atom. The van der Waals surface area contributed by atoms with Crippen LogP contribution < -0.4 is 0 Å². The molecule has 0 spiro atoms. The van der Waals surface area contributed by atoms with Gasteiger partial charge in [-0.2, -0.15) is 0 Å². The van der Waals surface area contributed by atoms with Crippen LogP contribution in [0.25, 0.3) is 10.8 Å². The molecule has 17 heavy (non-hydrogen) atoms. The molecule has 2 aromatic carbocycles. The zero-order valence-corrected chi connectivity index (χ0v) is 10.1. The minimum atomic E-state index is -0.240. The molecule has 0 amide bonds. The zero-order valence-electron chi connectivity index (χ0n) is 10.1. The Kier molecular flexibility index (Phi) is 1.86. The number of Topliss-reactive ketones (excluding diaryl/α,β-unsaturated/α-hetero) is 1. The standard InChI is InChI=1S/C16H14O/c1-10-15(17)14-12-7-5-4-6-11(12)8-9-13(14)16(10,2)3/h4-9H,1H2,2-3H3. The number of rotatable bonds is 0. The van der Waals surface area contributed by atoms with Gasteiger partial charge in [-0.05, 0) is 16.3 Å². The first-order chi connectivity index (χ1) is 8.03. The molecule has 0 aliphatic heterocycles. The smallest absolute Gasteiger partial charge is 0.190 e. The summed E-state index contributed by atoms with van der Waals surface area (Å²) < 4.78 is 0. The van der Waals surface area contributed by atoms with Gasteiger partial charge in [0, 0.05) is 16.6 Å². The van der Waals surface area contributed by atoms with Crippen molar-refractivity contribution in [2.45, 2.75) is 19.3 Å². The van der Waals surface area contributed by atoms with E-state index >= 15 is 0 Å². The topological polar surface area (TPSA) is 17.1 Å². The van der Waals surface area contributed by atoms with Crippen LogP contribution in [0.2, 0.25) is 0 Å². The third-order valence-electron chi connectivity index (χ3n) is 3.86.